The summed E-state index contributed by atoms with van der Waals surface area (Å²) in [5.74, 6) is 2.84. The van der Waals surface area contributed by atoms with E-state index < -0.39 is 0 Å². The Kier molecular flexibility index (Phi) is 3.97. The van der Waals surface area contributed by atoms with Crippen LogP contribution in [0.1, 0.15) is 44.3 Å². The van der Waals surface area contributed by atoms with Crippen LogP contribution in [0.4, 0.5) is 5.82 Å². The quantitative estimate of drug-likeness (QED) is 0.831. The van der Waals surface area contributed by atoms with Crippen LogP contribution in [-0.4, -0.2) is 47.6 Å². The third kappa shape index (κ3) is 3.24. The molecule has 3 rings (SSSR count). The second-order valence-corrected chi connectivity index (χ2v) is 5.73. The van der Waals surface area contributed by atoms with Crippen molar-refractivity contribution in [3.63, 3.8) is 0 Å². The minimum atomic E-state index is 0.642. The Bertz CT molecular complexity index is 416. The van der Waals surface area contributed by atoms with Gasteiger partial charge in [-0.3, -0.25) is 0 Å². The largest absolute Gasteiger partial charge is 0.355 e. The first-order valence-electron chi connectivity index (χ1n) is 7.67. The zero-order valence-electron chi connectivity index (χ0n) is 11.9. The summed E-state index contributed by atoms with van der Waals surface area (Å²) in [6.07, 6.45) is 6.97. The van der Waals surface area contributed by atoms with Gasteiger partial charge in [0.1, 0.15) is 11.6 Å². The Hall–Kier alpha value is -1.16. The molecule has 1 saturated heterocycles. The Morgan fingerprint density at radius 1 is 1.21 bits per heavy atom. The third-order valence-electron chi connectivity index (χ3n) is 4.05. The van der Waals surface area contributed by atoms with E-state index in [1.165, 1.54) is 38.8 Å². The zero-order chi connectivity index (χ0) is 13.1. The monoisotopic (exact) mass is 260 g/mol. The smallest absolute Gasteiger partial charge is 0.133 e. The molecule has 2 fully saturated rings. The van der Waals surface area contributed by atoms with E-state index in [9.17, 15) is 0 Å². The van der Waals surface area contributed by atoms with E-state index in [1.54, 1.807) is 0 Å². The molecule has 0 bridgehead atoms. The predicted molar refractivity (Wildman–Crippen MR) is 77.6 cm³/mol. The van der Waals surface area contributed by atoms with Crippen molar-refractivity contribution < 1.29 is 0 Å². The molecule has 0 N–H and O–H groups in total. The van der Waals surface area contributed by atoms with E-state index in [1.807, 2.05) is 6.20 Å². The van der Waals surface area contributed by atoms with Gasteiger partial charge in [0.15, 0.2) is 0 Å². The number of hydrogen-bond donors (Lipinski definition) is 0. The van der Waals surface area contributed by atoms with Gasteiger partial charge in [0.05, 0.1) is 0 Å². The minimum Gasteiger partial charge on any atom is -0.355 e. The molecule has 2 aliphatic rings. The second-order valence-electron chi connectivity index (χ2n) is 5.73. The number of hydrogen-bond acceptors (Lipinski definition) is 4. The fraction of sp³-hybridized carbons (Fsp3) is 0.733. The van der Waals surface area contributed by atoms with Crippen molar-refractivity contribution in [2.45, 2.75) is 38.5 Å². The molecule has 0 radical (unpaired) electrons. The minimum absolute atomic E-state index is 0.642. The molecule has 1 aliphatic carbocycles. The van der Waals surface area contributed by atoms with Gasteiger partial charge < -0.3 is 9.80 Å². The molecule has 1 aromatic rings. The maximum absolute atomic E-state index is 4.77. The highest BCUT2D eigenvalue weighted by Gasteiger charge is 2.27. The molecule has 0 amide bonds. The van der Waals surface area contributed by atoms with Crippen LogP contribution in [0.5, 0.6) is 0 Å². The highest BCUT2D eigenvalue weighted by atomic mass is 15.2. The van der Waals surface area contributed by atoms with Crippen molar-refractivity contribution in [2.24, 2.45) is 0 Å². The van der Waals surface area contributed by atoms with E-state index in [4.69, 9.17) is 4.98 Å². The molecule has 2 heterocycles. The molecule has 1 aliphatic heterocycles. The van der Waals surface area contributed by atoms with Gasteiger partial charge in [-0.15, -0.1) is 0 Å². The Morgan fingerprint density at radius 2 is 2.11 bits per heavy atom. The zero-order valence-corrected chi connectivity index (χ0v) is 11.9. The standard InChI is InChI=1S/C15H24N4/c1-2-8-18-9-3-10-19(12-11-18)14-6-7-16-15(17-14)13-4-5-13/h6-7,13H,2-5,8-12H2,1H3. The van der Waals surface area contributed by atoms with Crippen LogP contribution in [0.15, 0.2) is 12.3 Å². The summed E-state index contributed by atoms with van der Waals surface area (Å²) >= 11 is 0. The molecule has 0 atom stereocenters. The number of rotatable bonds is 4. The van der Waals surface area contributed by atoms with Gasteiger partial charge in [-0.25, -0.2) is 9.97 Å². The highest BCUT2D eigenvalue weighted by molar-refractivity contribution is 5.38. The summed E-state index contributed by atoms with van der Waals surface area (Å²) in [6.45, 7) is 8.10. The van der Waals surface area contributed by atoms with Crippen LogP contribution in [0.25, 0.3) is 0 Å². The predicted octanol–water partition coefficient (Wildman–Crippen LogP) is 2.28. The normalized spacial score (nSPS) is 21.4. The lowest BCUT2D eigenvalue weighted by molar-refractivity contribution is 0.294. The summed E-state index contributed by atoms with van der Waals surface area (Å²) in [6, 6.07) is 2.07. The van der Waals surface area contributed by atoms with Crippen LogP contribution >= 0.6 is 0 Å². The van der Waals surface area contributed by atoms with Crippen LogP contribution in [0.3, 0.4) is 0 Å². The summed E-state index contributed by atoms with van der Waals surface area (Å²) in [5, 5.41) is 0. The van der Waals surface area contributed by atoms with Crippen LogP contribution < -0.4 is 4.90 Å². The lowest BCUT2D eigenvalue weighted by atomic mass is 10.3. The average molecular weight is 260 g/mol. The van der Waals surface area contributed by atoms with Gasteiger partial charge in [-0.1, -0.05) is 6.92 Å². The summed E-state index contributed by atoms with van der Waals surface area (Å²) in [7, 11) is 0. The molecular weight excluding hydrogens is 236 g/mol. The maximum Gasteiger partial charge on any atom is 0.133 e. The van der Waals surface area contributed by atoms with Crippen molar-refractivity contribution in [2.75, 3.05) is 37.6 Å². The molecule has 4 nitrogen and oxygen atoms in total. The van der Waals surface area contributed by atoms with E-state index in [-0.39, 0.29) is 0 Å². The lowest BCUT2D eigenvalue weighted by Crippen LogP contribution is -2.31. The molecule has 0 unspecified atom stereocenters. The van der Waals surface area contributed by atoms with Gasteiger partial charge >= 0.3 is 0 Å². The molecule has 0 spiro atoms. The van der Waals surface area contributed by atoms with E-state index >= 15 is 0 Å². The Labute approximate surface area is 115 Å². The molecule has 1 saturated carbocycles. The fourth-order valence-corrected chi connectivity index (χ4v) is 2.82. The Balaban J connectivity index is 1.66. The number of aromatic nitrogens is 2. The molecule has 4 heteroatoms. The first kappa shape index (κ1) is 12.9. The van der Waals surface area contributed by atoms with Gasteiger partial charge in [0.2, 0.25) is 0 Å². The third-order valence-corrected chi connectivity index (χ3v) is 4.05. The first-order valence-corrected chi connectivity index (χ1v) is 7.67. The molecule has 19 heavy (non-hydrogen) atoms. The number of anilines is 1. The van der Waals surface area contributed by atoms with Crippen LogP contribution in [0, 0.1) is 0 Å². The topological polar surface area (TPSA) is 32.3 Å². The van der Waals surface area contributed by atoms with E-state index in [2.05, 4.69) is 27.8 Å². The number of nitrogens with zero attached hydrogens (tertiary/aromatic N) is 4. The summed E-state index contributed by atoms with van der Waals surface area (Å²) in [4.78, 5) is 14.2. The summed E-state index contributed by atoms with van der Waals surface area (Å²) in [5.41, 5.74) is 0. The second kappa shape index (κ2) is 5.87. The fourth-order valence-electron chi connectivity index (χ4n) is 2.82. The van der Waals surface area contributed by atoms with Crippen molar-refractivity contribution in [3.8, 4) is 0 Å². The van der Waals surface area contributed by atoms with Crippen molar-refractivity contribution in [1.29, 1.82) is 0 Å². The molecule has 0 aromatic carbocycles. The van der Waals surface area contributed by atoms with Crippen LogP contribution in [0.2, 0.25) is 0 Å². The highest BCUT2D eigenvalue weighted by Crippen LogP contribution is 2.38. The van der Waals surface area contributed by atoms with Crippen LogP contribution in [-0.2, 0) is 0 Å². The molecule has 104 valence electrons. The molecular formula is C15H24N4. The van der Waals surface area contributed by atoms with Gasteiger partial charge in [0.25, 0.3) is 0 Å². The summed E-state index contributed by atoms with van der Waals surface area (Å²) < 4.78 is 0. The van der Waals surface area contributed by atoms with Crippen molar-refractivity contribution >= 4 is 5.82 Å². The van der Waals surface area contributed by atoms with E-state index in [0.717, 1.165) is 31.3 Å². The lowest BCUT2D eigenvalue weighted by Gasteiger charge is -2.22. The Morgan fingerprint density at radius 3 is 2.89 bits per heavy atom. The average Bonchev–Trinajstić information content (AvgIpc) is 3.27. The van der Waals surface area contributed by atoms with E-state index in [0.29, 0.717) is 5.92 Å². The van der Waals surface area contributed by atoms with Crippen molar-refractivity contribution in [1.82, 2.24) is 14.9 Å². The molecule has 1 aromatic heterocycles. The SMILES string of the molecule is CCCN1CCCN(c2ccnc(C3CC3)n2)CC1. The maximum atomic E-state index is 4.77. The van der Waals surface area contributed by atoms with Gasteiger partial charge in [0, 0.05) is 31.7 Å². The van der Waals surface area contributed by atoms with Gasteiger partial charge in [-0.2, -0.15) is 0 Å². The van der Waals surface area contributed by atoms with Crippen molar-refractivity contribution in [3.05, 3.63) is 18.1 Å². The van der Waals surface area contributed by atoms with Gasteiger partial charge in [-0.05, 0) is 44.8 Å². The first-order chi connectivity index (χ1) is 9.36.